The second-order valence-corrected chi connectivity index (χ2v) is 6.85. The van der Waals surface area contributed by atoms with E-state index in [4.69, 9.17) is 27.9 Å². The predicted molar refractivity (Wildman–Crippen MR) is 97.6 cm³/mol. The van der Waals surface area contributed by atoms with Gasteiger partial charge in [-0.25, -0.2) is 0 Å². The summed E-state index contributed by atoms with van der Waals surface area (Å²) in [4.78, 5) is 14.2. The van der Waals surface area contributed by atoms with Crippen molar-refractivity contribution >= 4 is 29.1 Å². The van der Waals surface area contributed by atoms with Crippen LogP contribution in [0.25, 0.3) is 0 Å². The fourth-order valence-corrected chi connectivity index (χ4v) is 3.11. The molecule has 0 aromatic heterocycles. The quantitative estimate of drug-likeness (QED) is 0.686. The van der Waals surface area contributed by atoms with Gasteiger partial charge in [-0.3, -0.25) is 9.69 Å². The highest BCUT2D eigenvalue weighted by molar-refractivity contribution is 6.42. The van der Waals surface area contributed by atoms with Gasteiger partial charge in [0.25, 0.3) is 0 Å². The number of benzene rings is 1. The van der Waals surface area contributed by atoms with E-state index in [0.29, 0.717) is 29.7 Å². The Balaban J connectivity index is 1.67. The molecule has 1 heterocycles. The monoisotopic (exact) mass is 373 g/mol. The van der Waals surface area contributed by atoms with Crippen LogP contribution in [0.1, 0.15) is 18.4 Å². The standard InChI is InChI=1S/C17H25Cl2N3O2/c1-24-9-6-20-11-17(23)21-14-4-7-22(8-5-14)12-13-2-3-15(18)16(19)10-13/h2-3,10,14,20H,4-9,11-12H2,1H3,(H,21,23). The Hall–Kier alpha value is -0.850. The Morgan fingerprint density at radius 2 is 2.04 bits per heavy atom. The molecule has 1 saturated heterocycles. The number of rotatable bonds is 8. The molecular formula is C17H25Cl2N3O2. The Morgan fingerprint density at radius 3 is 2.71 bits per heavy atom. The molecule has 2 N–H and O–H groups in total. The van der Waals surface area contributed by atoms with Crippen LogP contribution >= 0.6 is 23.2 Å². The van der Waals surface area contributed by atoms with Gasteiger partial charge < -0.3 is 15.4 Å². The normalized spacial score (nSPS) is 16.3. The average Bonchev–Trinajstić information content (AvgIpc) is 2.57. The maximum atomic E-state index is 11.9. The van der Waals surface area contributed by atoms with Crippen LogP contribution in [0.3, 0.4) is 0 Å². The number of amides is 1. The van der Waals surface area contributed by atoms with E-state index < -0.39 is 0 Å². The van der Waals surface area contributed by atoms with Crippen molar-refractivity contribution in [3.63, 3.8) is 0 Å². The first kappa shape index (κ1) is 19.5. The maximum absolute atomic E-state index is 11.9. The van der Waals surface area contributed by atoms with Gasteiger partial charge >= 0.3 is 0 Å². The number of methoxy groups -OCH3 is 1. The van der Waals surface area contributed by atoms with Crippen molar-refractivity contribution < 1.29 is 9.53 Å². The number of carbonyl (C=O) groups is 1. The number of nitrogens with zero attached hydrogens (tertiary/aromatic N) is 1. The Kier molecular flexibility index (Phi) is 8.29. The van der Waals surface area contributed by atoms with Crippen molar-refractivity contribution in [1.29, 1.82) is 0 Å². The van der Waals surface area contributed by atoms with Gasteiger partial charge in [-0.2, -0.15) is 0 Å². The minimum atomic E-state index is 0.0500. The summed E-state index contributed by atoms with van der Waals surface area (Å²) in [5.74, 6) is 0.0500. The molecule has 1 aromatic carbocycles. The zero-order valence-corrected chi connectivity index (χ0v) is 15.5. The molecule has 5 nitrogen and oxygen atoms in total. The Morgan fingerprint density at radius 1 is 1.29 bits per heavy atom. The molecule has 1 amide bonds. The van der Waals surface area contributed by atoms with E-state index in [1.807, 2.05) is 18.2 Å². The maximum Gasteiger partial charge on any atom is 0.234 e. The molecule has 0 atom stereocenters. The van der Waals surface area contributed by atoms with Crippen LogP contribution in [0.15, 0.2) is 18.2 Å². The molecule has 0 saturated carbocycles. The predicted octanol–water partition coefficient (Wildman–Crippen LogP) is 2.31. The van der Waals surface area contributed by atoms with E-state index in [1.165, 1.54) is 0 Å². The zero-order valence-electron chi connectivity index (χ0n) is 14.0. The number of halogens is 2. The average molecular weight is 374 g/mol. The summed E-state index contributed by atoms with van der Waals surface area (Å²) in [5, 5.41) is 7.32. The van der Waals surface area contributed by atoms with E-state index >= 15 is 0 Å². The lowest BCUT2D eigenvalue weighted by atomic mass is 10.0. The number of nitrogens with one attached hydrogen (secondary N) is 2. The van der Waals surface area contributed by atoms with Crippen LogP contribution < -0.4 is 10.6 Å². The van der Waals surface area contributed by atoms with Crippen LogP contribution in [0.2, 0.25) is 10.0 Å². The molecular weight excluding hydrogens is 349 g/mol. The van der Waals surface area contributed by atoms with Gasteiger partial charge in [-0.15, -0.1) is 0 Å². The summed E-state index contributed by atoms with van der Waals surface area (Å²) in [6.07, 6.45) is 1.93. The van der Waals surface area contributed by atoms with E-state index in [-0.39, 0.29) is 11.9 Å². The van der Waals surface area contributed by atoms with Crippen LogP contribution in [0.4, 0.5) is 0 Å². The molecule has 0 unspecified atom stereocenters. The molecule has 0 bridgehead atoms. The molecule has 134 valence electrons. The minimum Gasteiger partial charge on any atom is -0.383 e. The molecule has 24 heavy (non-hydrogen) atoms. The van der Waals surface area contributed by atoms with Crippen LogP contribution in [-0.2, 0) is 16.1 Å². The third kappa shape index (κ3) is 6.57. The third-order valence-electron chi connectivity index (χ3n) is 4.11. The molecule has 0 radical (unpaired) electrons. The first-order valence-electron chi connectivity index (χ1n) is 8.24. The summed E-state index contributed by atoms with van der Waals surface area (Å²) in [6, 6.07) is 6.02. The van der Waals surface area contributed by atoms with Crippen molar-refractivity contribution in [2.24, 2.45) is 0 Å². The molecule has 7 heteroatoms. The summed E-state index contributed by atoms with van der Waals surface area (Å²) < 4.78 is 4.93. The fourth-order valence-electron chi connectivity index (χ4n) is 2.79. The number of carbonyl (C=O) groups excluding carboxylic acids is 1. The highest BCUT2D eigenvalue weighted by atomic mass is 35.5. The molecule has 1 aromatic rings. The zero-order chi connectivity index (χ0) is 17.4. The molecule has 0 spiro atoms. The van der Waals surface area contributed by atoms with E-state index in [1.54, 1.807) is 7.11 Å². The number of ether oxygens (including phenoxy) is 1. The van der Waals surface area contributed by atoms with Gasteiger partial charge in [0.15, 0.2) is 0 Å². The van der Waals surface area contributed by atoms with Crippen molar-refractivity contribution in [3.8, 4) is 0 Å². The largest absolute Gasteiger partial charge is 0.383 e. The van der Waals surface area contributed by atoms with E-state index in [9.17, 15) is 4.79 Å². The van der Waals surface area contributed by atoms with E-state index in [2.05, 4.69) is 15.5 Å². The lowest BCUT2D eigenvalue weighted by Crippen LogP contribution is -2.46. The summed E-state index contributed by atoms with van der Waals surface area (Å²) in [7, 11) is 1.65. The van der Waals surface area contributed by atoms with Gasteiger partial charge in [-0.05, 0) is 30.5 Å². The first-order chi connectivity index (χ1) is 11.6. The van der Waals surface area contributed by atoms with Crippen LogP contribution in [0, 0.1) is 0 Å². The summed E-state index contributed by atoms with van der Waals surface area (Å²) in [5.41, 5.74) is 1.16. The van der Waals surface area contributed by atoms with Gasteiger partial charge in [-0.1, -0.05) is 29.3 Å². The van der Waals surface area contributed by atoms with Crippen molar-refractivity contribution in [2.75, 3.05) is 39.9 Å². The van der Waals surface area contributed by atoms with Gasteiger partial charge in [0.05, 0.1) is 23.2 Å². The topological polar surface area (TPSA) is 53.6 Å². The van der Waals surface area contributed by atoms with Gasteiger partial charge in [0.2, 0.25) is 5.91 Å². The molecule has 1 fully saturated rings. The SMILES string of the molecule is COCCNCC(=O)NC1CCN(Cc2ccc(Cl)c(Cl)c2)CC1. The first-order valence-corrected chi connectivity index (χ1v) is 8.99. The lowest BCUT2D eigenvalue weighted by molar-refractivity contribution is -0.121. The number of hydrogen-bond donors (Lipinski definition) is 2. The molecule has 1 aliphatic heterocycles. The summed E-state index contributed by atoms with van der Waals surface area (Å²) >= 11 is 12.0. The second kappa shape index (κ2) is 10.2. The molecule has 0 aliphatic carbocycles. The Labute approximate surface area is 153 Å². The summed E-state index contributed by atoms with van der Waals surface area (Å²) in [6.45, 7) is 4.42. The Bertz CT molecular complexity index is 535. The smallest absolute Gasteiger partial charge is 0.234 e. The van der Waals surface area contributed by atoms with Crippen LogP contribution in [0.5, 0.6) is 0 Å². The highest BCUT2D eigenvalue weighted by Crippen LogP contribution is 2.24. The van der Waals surface area contributed by atoms with Crippen molar-refractivity contribution in [3.05, 3.63) is 33.8 Å². The van der Waals surface area contributed by atoms with E-state index in [0.717, 1.165) is 38.0 Å². The van der Waals surface area contributed by atoms with Gasteiger partial charge in [0.1, 0.15) is 0 Å². The van der Waals surface area contributed by atoms with Crippen LogP contribution in [-0.4, -0.2) is 56.7 Å². The van der Waals surface area contributed by atoms with Crippen molar-refractivity contribution in [2.45, 2.75) is 25.4 Å². The van der Waals surface area contributed by atoms with Gasteiger partial charge in [0, 0.05) is 39.3 Å². The third-order valence-corrected chi connectivity index (χ3v) is 4.85. The molecule has 2 rings (SSSR count). The van der Waals surface area contributed by atoms with Crippen molar-refractivity contribution in [1.82, 2.24) is 15.5 Å². The second-order valence-electron chi connectivity index (χ2n) is 6.04. The minimum absolute atomic E-state index is 0.0500. The number of likely N-dealkylation sites (tertiary alicyclic amines) is 1. The molecule has 1 aliphatic rings. The fraction of sp³-hybridized carbons (Fsp3) is 0.588. The highest BCUT2D eigenvalue weighted by Gasteiger charge is 2.20. The lowest BCUT2D eigenvalue weighted by Gasteiger charge is -2.32. The number of piperidine rings is 1. The number of hydrogen-bond acceptors (Lipinski definition) is 4.